The number of carbonyl (C=O) groups excluding carboxylic acids is 1. The van der Waals surface area contributed by atoms with Gasteiger partial charge in [-0.2, -0.15) is 4.98 Å². The first-order chi connectivity index (χ1) is 14.7. The first-order valence-electron chi connectivity index (χ1n) is 9.85. The largest absolute Gasteiger partial charge is 0.481 e. The molecule has 1 aromatic rings. The van der Waals surface area contributed by atoms with E-state index in [0.717, 1.165) is 0 Å². The van der Waals surface area contributed by atoms with Crippen molar-refractivity contribution in [3.63, 3.8) is 0 Å². The summed E-state index contributed by atoms with van der Waals surface area (Å²) in [7, 11) is 0. The summed E-state index contributed by atoms with van der Waals surface area (Å²) in [6.45, 7) is 0.669. The maximum absolute atomic E-state index is 12.6. The molecule has 1 aromatic heterocycles. The third-order valence-corrected chi connectivity index (χ3v) is 4.80. The average molecular weight is 440 g/mol. The van der Waals surface area contributed by atoms with Gasteiger partial charge in [0.05, 0.1) is 6.04 Å². The zero-order chi connectivity index (χ0) is 23.0. The predicted octanol–water partition coefficient (Wildman–Crippen LogP) is -0.712. The summed E-state index contributed by atoms with van der Waals surface area (Å²) in [6.07, 6.45) is 1.67. The van der Waals surface area contributed by atoms with Crippen LogP contribution in [0.5, 0.6) is 0 Å². The summed E-state index contributed by atoms with van der Waals surface area (Å²) in [4.78, 5) is 44.2. The lowest BCUT2D eigenvalue weighted by molar-refractivity contribution is -0.141. The van der Waals surface area contributed by atoms with Crippen LogP contribution in [0.2, 0.25) is 0 Å². The van der Waals surface area contributed by atoms with Crippen molar-refractivity contribution < 1.29 is 29.1 Å². The Balaban J connectivity index is 2.06. The third-order valence-electron chi connectivity index (χ3n) is 4.80. The fraction of sp³-hybridized carbons (Fsp3) is 0.647. The molecule has 0 unspecified atom stereocenters. The van der Waals surface area contributed by atoms with Crippen LogP contribution in [0.25, 0.3) is 0 Å². The molecular weight excluding hydrogens is 412 g/mol. The molecule has 0 radical (unpaired) electrons. The highest BCUT2D eigenvalue weighted by atomic mass is 16.5. The highest BCUT2D eigenvalue weighted by molar-refractivity contribution is 5.83. The Kier molecular flexibility index (Phi) is 8.54. The number of rotatable bonds is 11. The lowest BCUT2D eigenvalue weighted by atomic mass is 10.1. The molecule has 0 aromatic carbocycles. The van der Waals surface area contributed by atoms with Gasteiger partial charge in [0.2, 0.25) is 5.89 Å². The van der Waals surface area contributed by atoms with Crippen LogP contribution in [0.3, 0.4) is 0 Å². The van der Waals surface area contributed by atoms with Crippen molar-refractivity contribution in [3.8, 4) is 0 Å². The van der Waals surface area contributed by atoms with Crippen LogP contribution in [0.1, 0.15) is 62.3 Å². The molecule has 0 bridgehead atoms. The molecule has 14 heteroatoms. The number of guanidine groups is 1. The number of nitrogens with one attached hydrogen (secondary N) is 1. The summed E-state index contributed by atoms with van der Waals surface area (Å²) in [5.41, 5.74) is 16.6. The highest BCUT2D eigenvalue weighted by Gasteiger charge is 2.35. The maximum atomic E-state index is 12.6. The molecule has 31 heavy (non-hydrogen) atoms. The number of nitrogens with zero attached hydrogens (tertiary/aromatic N) is 4. The fourth-order valence-electron chi connectivity index (χ4n) is 3.21. The number of aliphatic imine (C=N–C) groups is 1. The minimum absolute atomic E-state index is 0.00431. The molecule has 2 rings (SSSR count). The number of nitrogens with two attached hydrogens (primary N) is 3. The van der Waals surface area contributed by atoms with Crippen LogP contribution in [0, 0.1) is 0 Å². The molecule has 1 aliphatic rings. The molecule has 1 saturated heterocycles. The molecule has 172 valence electrons. The molecular formula is C17H28N8O6. The zero-order valence-corrected chi connectivity index (χ0v) is 16.9. The number of aromatic nitrogens is 2. The van der Waals surface area contributed by atoms with E-state index in [9.17, 15) is 19.5 Å². The van der Waals surface area contributed by atoms with Gasteiger partial charge >= 0.3 is 18.0 Å². The quantitative estimate of drug-likeness (QED) is 0.143. The van der Waals surface area contributed by atoms with Crippen LogP contribution in [0.15, 0.2) is 9.52 Å². The van der Waals surface area contributed by atoms with Crippen LogP contribution in [-0.4, -0.2) is 68.3 Å². The number of aliphatic carboxylic acids is 2. The molecule has 0 saturated carbocycles. The van der Waals surface area contributed by atoms with E-state index in [2.05, 4.69) is 20.4 Å². The first kappa shape index (κ1) is 23.9. The van der Waals surface area contributed by atoms with Gasteiger partial charge in [0, 0.05) is 19.5 Å². The Hall–Kier alpha value is -3.42. The molecule has 1 aliphatic heterocycles. The molecule has 2 amide bonds. The van der Waals surface area contributed by atoms with E-state index in [4.69, 9.17) is 26.8 Å². The minimum atomic E-state index is -1.10. The molecule has 9 N–H and O–H groups in total. The monoisotopic (exact) mass is 440 g/mol. The summed E-state index contributed by atoms with van der Waals surface area (Å²) in [5, 5.41) is 24.7. The molecule has 0 aliphatic carbocycles. The van der Waals surface area contributed by atoms with Crippen LogP contribution < -0.4 is 22.5 Å². The summed E-state index contributed by atoms with van der Waals surface area (Å²) in [5.74, 6) is -1.99. The second kappa shape index (κ2) is 11.1. The van der Waals surface area contributed by atoms with E-state index < -0.39 is 36.1 Å². The number of carboxylic acids is 2. The van der Waals surface area contributed by atoms with Crippen LogP contribution in [0.4, 0.5) is 4.79 Å². The fourth-order valence-corrected chi connectivity index (χ4v) is 3.21. The molecule has 3 atom stereocenters. The van der Waals surface area contributed by atoms with Crippen molar-refractivity contribution in [1.82, 2.24) is 20.4 Å². The van der Waals surface area contributed by atoms with Crippen LogP contribution in [-0.2, 0) is 9.59 Å². The number of likely N-dealkylation sites (tertiary alicyclic amines) is 1. The van der Waals surface area contributed by atoms with Gasteiger partial charge in [-0.25, -0.2) is 9.59 Å². The van der Waals surface area contributed by atoms with Crippen molar-refractivity contribution >= 4 is 23.9 Å². The van der Waals surface area contributed by atoms with E-state index >= 15 is 0 Å². The SMILES string of the molecule is NC(N)=NCCC[C@H](N)c1noc([C@H](CCC(=O)O)NC(=O)N2CCC[C@@H]2C(=O)O)n1. The van der Waals surface area contributed by atoms with Crippen molar-refractivity contribution in [2.24, 2.45) is 22.2 Å². The van der Waals surface area contributed by atoms with Gasteiger partial charge < -0.3 is 42.2 Å². The lowest BCUT2D eigenvalue weighted by Gasteiger charge is -2.24. The Labute approximate surface area is 177 Å². The van der Waals surface area contributed by atoms with Crippen molar-refractivity contribution in [1.29, 1.82) is 0 Å². The maximum Gasteiger partial charge on any atom is 0.326 e. The summed E-state index contributed by atoms with van der Waals surface area (Å²) in [6, 6.07) is -3.05. The average Bonchev–Trinajstić information content (AvgIpc) is 3.37. The second-order valence-corrected chi connectivity index (χ2v) is 7.17. The molecule has 0 spiro atoms. The van der Waals surface area contributed by atoms with Gasteiger partial charge in [-0.05, 0) is 32.1 Å². The van der Waals surface area contributed by atoms with Crippen molar-refractivity contribution in [2.45, 2.75) is 56.7 Å². The Morgan fingerprint density at radius 3 is 2.68 bits per heavy atom. The van der Waals surface area contributed by atoms with Crippen LogP contribution >= 0.6 is 0 Å². The molecule has 14 nitrogen and oxygen atoms in total. The van der Waals surface area contributed by atoms with E-state index in [0.29, 0.717) is 32.2 Å². The van der Waals surface area contributed by atoms with Gasteiger partial charge in [-0.1, -0.05) is 5.16 Å². The number of hydrogen-bond donors (Lipinski definition) is 6. The summed E-state index contributed by atoms with van der Waals surface area (Å²) < 4.78 is 5.21. The number of carboxylic acid groups (broad SMARTS) is 2. The summed E-state index contributed by atoms with van der Waals surface area (Å²) >= 11 is 0. The topological polar surface area (TPSA) is 236 Å². The van der Waals surface area contributed by atoms with E-state index in [-0.39, 0.29) is 37.1 Å². The number of carbonyl (C=O) groups is 3. The number of urea groups is 1. The Morgan fingerprint density at radius 1 is 1.29 bits per heavy atom. The lowest BCUT2D eigenvalue weighted by Crippen LogP contribution is -2.47. The standard InChI is InChI=1S/C17H28N8O6/c18-9(3-1-7-21-16(19)20)13-23-14(31-24-13)10(5-6-12(26)27)22-17(30)25-8-2-4-11(25)15(28)29/h9-11H,1-8,18H2,(H,22,30)(H,26,27)(H,28,29)(H4,19,20,21)/t9-,10-,11+/m0/s1. The van der Waals surface area contributed by atoms with Crippen molar-refractivity contribution in [2.75, 3.05) is 13.1 Å². The van der Waals surface area contributed by atoms with Gasteiger partial charge in [-0.3, -0.25) is 9.79 Å². The highest BCUT2D eigenvalue weighted by Crippen LogP contribution is 2.23. The minimum Gasteiger partial charge on any atom is -0.481 e. The Morgan fingerprint density at radius 2 is 2.03 bits per heavy atom. The third kappa shape index (κ3) is 7.09. The van der Waals surface area contributed by atoms with Gasteiger partial charge in [0.25, 0.3) is 0 Å². The van der Waals surface area contributed by atoms with Gasteiger partial charge in [-0.15, -0.1) is 0 Å². The first-order valence-corrected chi connectivity index (χ1v) is 9.85. The Bertz CT molecular complexity index is 808. The second-order valence-electron chi connectivity index (χ2n) is 7.17. The molecule has 1 fully saturated rings. The number of amides is 2. The zero-order valence-electron chi connectivity index (χ0n) is 16.9. The molecule has 2 heterocycles. The van der Waals surface area contributed by atoms with E-state index in [1.54, 1.807) is 0 Å². The predicted molar refractivity (Wildman–Crippen MR) is 107 cm³/mol. The van der Waals surface area contributed by atoms with Gasteiger partial charge in [0.1, 0.15) is 12.1 Å². The van der Waals surface area contributed by atoms with Gasteiger partial charge in [0.15, 0.2) is 11.8 Å². The van der Waals surface area contributed by atoms with E-state index in [1.165, 1.54) is 4.90 Å². The van der Waals surface area contributed by atoms with Crippen molar-refractivity contribution in [3.05, 3.63) is 11.7 Å². The smallest absolute Gasteiger partial charge is 0.326 e. The van der Waals surface area contributed by atoms with E-state index in [1.807, 2.05) is 0 Å². The number of hydrogen-bond acceptors (Lipinski definition) is 8. The normalized spacial score (nSPS) is 17.7.